The van der Waals surface area contributed by atoms with Crippen molar-refractivity contribution in [1.82, 2.24) is 15.2 Å². The number of benzene rings is 2. The van der Waals surface area contributed by atoms with E-state index in [0.717, 1.165) is 23.2 Å². The summed E-state index contributed by atoms with van der Waals surface area (Å²) in [6.45, 7) is 2.70. The predicted molar refractivity (Wildman–Crippen MR) is 103 cm³/mol. The van der Waals surface area contributed by atoms with Crippen LogP contribution in [-0.2, 0) is 6.42 Å². The van der Waals surface area contributed by atoms with E-state index in [2.05, 4.69) is 25.8 Å². The number of nitrogens with zero attached hydrogens (tertiary/aromatic N) is 3. The molecule has 2 aromatic carbocycles. The van der Waals surface area contributed by atoms with Gasteiger partial charge in [0.1, 0.15) is 0 Å². The molecule has 0 unspecified atom stereocenters. The molecular formula is C18H17Cl2N5. The van der Waals surface area contributed by atoms with Crippen molar-refractivity contribution >= 4 is 40.7 Å². The van der Waals surface area contributed by atoms with Gasteiger partial charge in [-0.25, -0.2) is 0 Å². The number of nitrogens with one attached hydrogen (secondary N) is 2. The minimum absolute atomic E-state index is 0.445. The lowest BCUT2D eigenvalue weighted by Crippen LogP contribution is -2.09. The minimum atomic E-state index is 0.445. The average molecular weight is 374 g/mol. The molecule has 0 saturated carbocycles. The van der Waals surface area contributed by atoms with Crippen molar-refractivity contribution < 1.29 is 0 Å². The van der Waals surface area contributed by atoms with Gasteiger partial charge in [-0.05, 0) is 48.7 Å². The first-order chi connectivity index (χ1) is 12.1. The Morgan fingerprint density at radius 1 is 1.08 bits per heavy atom. The van der Waals surface area contributed by atoms with E-state index < -0.39 is 0 Å². The second-order valence-electron chi connectivity index (χ2n) is 5.57. The van der Waals surface area contributed by atoms with Crippen molar-refractivity contribution in [2.24, 2.45) is 0 Å². The molecule has 0 aliphatic carbocycles. The Labute approximate surface area is 156 Å². The van der Waals surface area contributed by atoms with Crippen LogP contribution in [0.3, 0.4) is 0 Å². The van der Waals surface area contributed by atoms with Crippen LogP contribution in [0.5, 0.6) is 0 Å². The van der Waals surface area contributed by atoms with Crippen molar-refractivity contribution in [2.45, 2.75) is 13.3 Å². The van der Waals surface area contributed by atoms with E-state index in [4.69, 9.17) is 23.2 Å². The van der Waals surface area contributed by atoms with Gasteiger partial charge < -0.3 is 10.6 Å². The fourth-order valence-electron chi connectivity index (χ4n) is 2.34. The molecule has 128 valence electrons. The first kappa shape index (κ1) is 17.5. The fraction of sp³-hybridized carbons (Fsp3) is 0.167. The lowest BCUT2D eigenvalue weighted by Gasteiger charge is -2.09. The highest BCUT2D eigenvalue weighted by atomic mass is 35.5. The molecule has 0 aliphatic rings. The predicted octanol–water partition coefficient (Wildman–Crippen LogP) is 4.89. The van der Waals surface area contributed by atoms with Crippen LogP contribution in [0.1, 0.15) is 11.1 Å². The highest BCUT2D eigenvalue weighted by Gasteiger charge is 2.04. The fourth-order valence-corrected chi connectivity index (χ4v) is 2.85. The minimum Gasteiger partial charge on any atom is -0.368 e. The monoisotopic (exact) mass is 373 g/mol. The zero-order chi connectivity index (χ0) is 17.6. The molecule has 0 saturated heterocycles. The Balaban J connectivity index is 1.60. The van der Waals surface area contributed by atoms with Crippen LogP contribution in [0.15, 0.2) is 48.7 Å². The number of anilines is 3. The summed E-state index contributed by atoms with van der Waals surface area (Å²) in [5.41, 5.74) is 3.11. The number of aryl methyl sites for hydroxylation is 1. The van der Waals surface area contributed by atoms with E-state index in [9.17, 15) is 0 Å². The molecule has 1 aromatic heterocycles. The van der Waals surface area contributed by atoms with Crippen LogP contribution in [-0.4, -0.2) is 21.7 Å². The highest BCUT2D eigenvalue weighted by molar-refractivity contribution is 6.35. The molecule has 0 radical (unpaired) electrons. The third-order valence-corrected chi connectivity index (χ3v) is 4.14. The second-order valence-corrected chi connectivity index (χ2v) is 6.42. The van der Waals surface area contributed by atoms with Crippen LogP contribution >= 0.6 is 23.2 Å². The zero-order valence-corrected chi connectivity index (χ0v) is 15.1. The van der Waals surface area contributed by atoms with Gasteiger partial charge in [0.05, 0.1) is 6.20 Å². The molecular weight excluding hydrogens is 357 g/mol. The van der Waals surface area contributed by atoms with Crippen molar-refractivity contribution in [1.29, 1.82) is 0 Å². The van der Waals surface area contributed by atoms with Gasteiger partial charge in [0, 0.05) is 22.3 Å². The Morgan fingerprint density at radius 3 is 2.76 bits per heavy atom. The van der Waals surface area contributed by atoms with Gasteiger partial charge in [-0.3, -0.25) is 0 Å². The molecule has 0 amide bonds. The normalized spacial score (nSPS) is 10.5. The van der Waals surface area contributed by atoms with Crippen LogP contribution in [0, 0.1) is 6.92 Å². The number of aromatic nitrogens is 3. The Kier molecular flexibility index (Phi) is 5.68. The van der Waals surface area contributed by atoms with Crippen molar-refractivity contribution in [2.75, 3.05) is 17.2 Å². The molecule has 5 nitrogen and oxygen atoms in total. The molecule has 25 heavy (non-hydrogen) atoms. The summed E-state index contributed by atoms with van der Waals surface area (Å²) in [5, 5.41) is 15.7. The summed E-state index contributed by atoms with van der Waals surface area (Å²) >= 11 is 12.1. The zero-order valence-electron chi connectivity index (χ0n) is 13.6. The highest BCUT2D eigenvalue weighted by Crippen LogP contribution is 2.21. The van der Waals surface area contributed by atoms with Gasteiger partial charge >= 0.3 is 0 Å². The molecule has 0 fully saturated rings. The van der Waals surface area contributed by atoms with E-state index in [1.807, 2.05) is 43.3 Å². The maximum absolute atomic E-state index is 6.18. The van der Waals surface area contributed by atoms with Crippen LogP contribution in [0.2, 0.25) is 10.0 Å². The van der Waals surface area contributed by atoms with Crippen molar-refractivity contribution in [3.05, 3.63) is 69.8 Å². The molecule has 3 aromatic rings. The first-order valence-electron chi connectivity index (χ1n) is 7.81. The summed E-state index contributed by atoms with van der Waals surface area (Å²) < 4.78 is 0. The SMILES string of the molecule is Cc1cccc(Nc2nncc(NCCc3ccc(Cl)cc3Cl)n2)c1. The quantitative estimate of drug-likeness (QED) is 0.644. The number of hydrogen-bond donors (Lipinski definition) is 2. The number of halogens is 2. The summed E-state index contributed by atoms with van der Waals surface area (Å²) in [6.07, 6.45) is 2.34. The van der Waals surface area contributed by atoms with E-state index in [1.54, 1.807) is 12.3 Å². The Morgan fingerprint density at radius 2 is 1.96 bits per heavy atom. The number of hydrogen-bond acceptors (Lipinski definition) is 5. The van der Waals surface area contributed by atoms with Crippen LogP contribution in [0.25, 0.3) is 0 Å². The van der Waals surface area contributed by atoms with Gasteiger partial charge in [0.25, 0.3) is 0 Å². The molecule has 0 spiro atoms. The third kappa shape index (κ3) is 5.05. The van der Waals surface area contributed by atoms with Crippen LogP contribution < -0.4 is 10.6 Å². The third-order valence-electron chi connectivity index (χ3n) is 3.55. The van der Waals surface area contributed by atoms with Gasteiger partial charge in [0.2, 0.25) is 5.95 Å². The summed E-state index contributed by atoms with van der Waals surface area (Å²) in [6, 6.07) is 13.5. The van der Waals surface area contributed by atoms with E-state index >= 15 is 0 Å². The molecule has 2 N–H and O–H groups in total. The summed E-state index contributed by atoms with van der Waals surface area (Å²) in [5.74, 6) is 1.09. The van der Waals surface area contributed by atoms with Gasteiger partial charge in [0.15, 0.2) is 5.82 Å². The molecule has 7 heteroatoms. The lowest BCUT2D eigenvalue weighted by atomic mass is 10.1. The van der Waals surface area contributed by atoms with Gasteiger partial charge in [-0.2, -0.15) is 10.1 Å². The van der Waals surface area contributed by atoms with Crippen molar-refractivity contribution in [3.8, 4) is 0 Å². The van der Waals surface area contributed by atoms with Crippen LogP contribution in [0.4, 0.5) is 17.5 Å². The number of rotatable bonds is 6. The Hall–Kier alpha value is -2.37. The largest absolute Gasteiger partial charge is 0.368 e. The standard InChI is InChI=1S/C18H17Cl2N5/c1-12-3-2-4-15(9-12)23-18-24-17(11-22-25-18)21-8-7-13-5-6-14(19)10-16(13)20/h2-6,9-11H,7-8H2,1H3,(H2,21,23,24,25). The molecule has 0 bridgehead atoms. The van der Waals surface area contributed by atoms with E-state index in [-0.39, 0.29) is 0 Å². The molecule has 0 atom stereocenters. The first-order valence-corrected chi connectivity index (χ1v) is 8.57. The second kappa shape index (κ2) is 8.14. The molecule has 0 aliphatic heterocycles. The Bertz CT molecular complexity index is 870. The van der Waals surface area contributed by atoms with Crippen molar-refractivity contribution in [3.63, 3.8) is 0 Å². The van der Waals surface area contributed by atoms with E-state index in [0.29, 0.717) is 28.4 Å². The van der Waals surface area contributed by atoms with Gasteiger partial charge in [-0.15, -0.1) is 5.10 Å². The summed E-state index contributed by atoms with van der Waals surface area (Å²) in [4.78, 5) is 4.42. The van der Waals surface area contributed by atoms with E-state index in [1.165, 1.54) is 0 Å². The average Bonchev–Trinajstić information content (AvgIpc) is 2.57. The van der Waals surface area contributed by atoms with Gasteiger partial charge in [-0.1, -0.05) is 41.4 Å². The molecule has 3 rings (SSSR count). The molecule has 1 heterocycles. The maximum atomic E-state index is 6.18. The smallest absolute Gasteiger partial charge is 0.249 e. The lowest BCUT2D eigenvalue weighted by molar-refractivity contribution is 0.950. The summed E-state index contributed by atoms with van der Waals surface area (Å²) in [7, 11) is 0. The maximum Gasteiger partial charge on any atom is 0.249 e. The topological polar surface area (TPSA) is 62.7 Å².